The summed E-state index contributed by atoms with van der Waals surface area (Å²) in [7, 11) is 1.66. The first kappa shape index (κ1) is 59.5. The number of esters is 1. The number of carbonyl (C=O) groups is 1. The first-order valence-corrected chi connectivity index (χ1v) is 26.9. The van der Waals surface area contributed by atoms with Crippen molar-refractivity contribution in [3.63, 3.8) is 0 Å². The summed E-state index contributed by atoms with van der Waals surface area (Å²) in [5, 5.41) is 0. The van der Waals surface area contributed by atoms with Gasteiger partial charge >= 0.3 is 13.8 Å². The van der Waals surface area contributed by atoms with E-state index in [2.05, 4.69) is 62.5 Å². The average molecular weight is 881 g/mol. The first-order chi connectivity index (χ1) is 29.6. The predicted octanol–water partition coefficient (Wildman–Crippen LogP) is 15.5. The van der Waals surface area contributed by atoms with E-state index in [0.717, 1.165) is 44.9 Å². The zero-order chi connectivity index (χ0) is 44.8. The van der Waals surface area contributed by atoms with Gasteiger partial charge in [-0.3, -0.25) is 13.8 Å². The Balaban J connectivity index is 4.12. The molecule has 0 aromatic rings. The van der Waals surface area contributed by atoms with Crippen molar-refractivity contribution in [3.8, 4) is 0 Å². The van der Waals surface area contributed by atoms with Crippen molar-refractivity contribution < 1.29 is 37.3 Å². The van der Waals surface area contributed by atoms with Crippen molar-refractivity contribution in [3.05, 3.63) is 48.6 Å². The van der Waals surface area contributed by atoms with E-state index in [9.17, 15) is 14.3 Å². The lowest BCUT2D eigenvalue weighted by molar-refractivity contribution is -0.870. The number of rotatable bonds is 47. The van der Waals surface area contributed by atoms with Crippen LogP contribution in [0.25, 0.3) is 0 Å². The average Bonchev–Trinajstić information content (AvgIpc) is 3.22. The molecule has 1 N–H and O–H groups in total. The highest BCUT2D eigenvalue weighted by Gasteiger charge is 2.26. The normalized spacial score (nSPS) is 14.0. The molecule has 0 aromatic carbocycles. The zero-order valence-corrected chi connectivity index (χ0v) is 41.5. The van der Waals surface area contributed by atoms with E-state index in [1.165, 1.54) is 154 Å². The fourth-order valence-electron chi connectivity index (χ4n) is 6.91. The van der Waals surface area contributed by atoms with E-state index in [1.54, 1.807) is 0 Å². The first-order valence-electron chi connectivity index (χ1n) is 25.4. The van der Waals surface area contributed by atoms with Crippen molar-refractivity contribution in [2.45, 2.75) is 225 Å². The number of phosphoric ester groups is 1. The molecule has 9 heteroatoms. The number of phosphoric acid groups is 1. The summed E-state index contributed by atoms with van der Waals surface area (Å²) in [6.45, 7) is 5.60. The second kappa shape index (κ2) is 45.0. The van der Waals surface area contributed by atoms with Gasteiger partial charge in [-0.05, 0) is 77.0 Å². The standard InChI is InChI=1S/C52H98NO7P/c1-6-8-10-12-14-16-18-20-22-23-24-25-26-27-28-29-30-31-32-33-35-37-39-41-43-45-52(54)60-51(50-59-61(55,56)58-48-46-53(3,4)5)49-57-47-44-42-40-38-36-34-21-19-17-15-13-11-9-7-2/h17-20,23-24,26-27,51H,6-16,21-22,25,28-50H2,1-5H3/p+1/b19-17-,20-18-,24-23-,27-26-. The van der Waals surface area contributed by atoms with Gasteiger partial charge in [-0.1, -0.05) is 184 Å². The Hall–Kier alpha value is -1.54. The maximum atomic E-state index is 12.8. The topological polar surface area (TPSA) is 91.3 Å². The van der Waals surface area contributed by atoms with Gasteiger partial charge in [0.05, 0.1) is 34.4 Å². The van der Waals surface area contributed by atoms with Gasteiger partial charge in [0.1, 0.15) is 19.3 Å². The van der Waals surface area contributed by atoms with Crippen LogP contribution in [0.15, 0.2) is 48.6 Å². The number of hydrogen-bond donors (Lipinski definition) is 1. The quantitative estimate of drug-likeness (QED) is 0.0214. The largest absolute Gasteiger partial charge is 0.472 e. The van der Waals surface area contributed by atoms with Crippen LogP contribution in [0.3, 0.4) is 0 Å². The van der Waals surface area contributed by atoms with Crippen LogP contribution in [-0.2, 0) is 27.9 Å². The zero-order valence-electron chi connectivity index (χ0n) is 40.7. The molecule has 0 amide bonds. The molecule has 8 nitrogen and oxygen atoms in total. The van der Waals surface area contributed by atoms with Crippen LogP contribution in [0.5, 0.6) is 0 Å². The van der Waals surface area contributed by atoms with Gasteiger partial charge in [-0.25, -0.2) is 4.57 Å². The molecule has 0 spiro atoms. The summed E-state index contributed by atoms with van der Waals surface area (Å²) in [6, 6.07) is 0. The number of ether oxygens (including phenoxy) is 2. The molecule has 0 heterocycles. The maximum absolute atomic E-state index is 12.8. The molecule has 61 heavy (non-hydrogen) atoms. The van der Waals surface area contributed by atoms with Gasteiger partial charge < -0.3 is 18.9 Å². The van der Waals surface area contributed by atoms with Gasteiger partial charge in [0.2, 0.25) is 0 Å². The third-order valence-electron chi connectivity index (χ3n) is 10.9. The summed E-state index contributed by atoms with van der Waals surface area (Å²) >= 11 is 0. The summed E-state index contributed by atoms with van der Waals surface area (Å²) in [4.78, 5) is 23.0. The molecule has 2 atom stereocenters. The van der Waals surface area contributed by atoms with Crippen LogP contribution in [0.1, 0.15) is 219 Å². The van der Waals surface area contributed by atoms with Gasteiger partial charge in [-0.2, -0.15) is 0 Å². The van der Waals surface area contributed by atoms with Gasteiger partial charge in [-0.15, -0.1) is 0 Å². The second-order valence-electron chi connectivity index (χ2n) is 18.2. The Morgan fingerprint density at radius 2 is 0.902 bits per heavy atom. The smallest absolute Gasteiger partial charge is 0.457 e. The third kappa shape index (κ3) is 49.3. The van der Waals surface area contributed by atoms with Crippen molar-refractivity contribution in [1.82, 2.24) is 0 Å². The van der Waals surface area contributed by atoms with Crippen molar-refractivity contribution >= 4 is 13.8 Å². The molecule has 0 aliphatic heterocycles. The van der Waals surface area contributed by atoms with E-state index in [-0.39, 0.29) is 25.8 Å². The highest BCUT2D eigenvalue weighted by atomic mass is 31.2. The molecule has 0 bridgehead atoms. The molecule has 0 saturated carbocycles. The summed E-state index contributed by atoms with van der Waals surface area (Å²) < 4.78 is 35.1. The summed E-state index contributed by atoms with van der Waals surface area (Å²) in [5.74, 6) is -0.319. The van der Waals surface area contributed by atoms with Crippen LogP contribution in [0.2, 0.25) is 0 Å². The lowest BCUT2D eigenvalue weighted by Crippen LogP contribution is -2.37. The molecule has 0 radical (unpaired) electrons. The van der Waals surface area contributed by atoms with Crippen LogP contribution < -0.4 is 0 Å². The minimum absolute atomic E-state index is 0.0858. The molecule has 0 aliphatic rings. The van der Waals surface area contributed by atoms with Crippen molar-refractivity contribution in [2.24, 2.45) is 0 Å². The predicted molar refractivity (Wildman–Crippen MR) is 261 cm³/mol. The Labute approximate surface area is 378 Å². The number of likely N-dealkylation sites (N-methyl/N-ethyl adjacent to an activating group) is 1. The minimum Gasteiger partial charge on any atom is -0.457 e. The Kier molecular flexibility index (Phi) is 43.9. The maximum Gasteiger partial charge on any atom is 0.472 e. The molecule has 0 saturated heterocycles. The summed E-state index contributed by atoms with van der Waals surface area (Å²) in [6.07, 6.45) is 55.8. The molecule has 2 unspecified atom stereocenters. The monoisotopic (exact) mass is 881 g/mol. The highest BCUT2D eigenvalue weighted by molar-refractivity contribution is 7.47. The van der Waals surface area contributed by atoms with E-state index in [1.807, 2.05) is 21.1 Å². The second-order valence-corrected chi connectivity index (χ2v) is 19.6. The molecular formula is C52H99NO7P+. The Morgan fingerprint density at radius 1 is 0.508 bits per heavy atom. The summed E-state index contributed by atoms with van der Waals surface area (Å²) in [5.41, 5.74) is 0. The van der Waals surface area contributed by atoms with Gasteiger partial charge in [0.15, 0.2) is 0 Å². The SMILES string of the molecule is CCCCCC/C=C\CCCCCCCCOCC(COP(=O)(O)OCC[N+](C)(C)C)OC(=O)CCCCCCCCCCCC/C=C\C/C=C\C/C=C\CCCCCCC. The Bertz CT molecular complexity index is 1120. The minimum atomic E-state index is -4.28. The fraction of sp³-hybridized carbons (Fsp3) is 0.827. The van der Waals surface area contributed by atoms with E-state index >= 15 is 0 Å². The van der Waals surface area contributed by atoms with Crippen molar-refractivity contribution in [2.75, 3.05) is 54.1 Å². The van der Waals surface area contributed by atoms with Crippen LogP contribution in [-0.4, -0.2) is 75.6 Å². The number of carbonyl (C=O) groups excluding carboxylic acids is 1. The third-order valence-corrected chi connectivity index (χ3v) is 11.8. The van der Waals surface area contributed by atoms with E-state index in [0.29, 0.717) is 24.1 Å². The van der Waals surface area contributed by atoms with Crippen LogP contribution in [0.4, 0.5) is 0 Å². The molecule has 358 valence electrons. The number of nitrogens with zero attached hydrogens (tertiary/aromatic N) is 1. The van der Waals surface area contributed by atoms with E-state index < -0.39 is 13.9 Å². The molecule has 0 rings (SSSR count). The van der Waals surface area contributed by atoms with Crippen LogP contribution >= 0.6 is 7.82 Å². The number of allylic oxidation sites excluding steroid dienone is 8. The molecule has 0 aromatic heterocycles. The van der Waals surface area contributed by atoms with Crippen molar-refractivity contribution in [1.29, 1.82) is 0 Å². The number of quaternary nitrogens is 1. The lowest BCUT2D eigenvalue weighted by Gasteiger charge is -2.24. The highest BCUT2D eigenvalue weighted by Crippen LogP contribution is 2.43. The Morgan fingerprint density at radius 3 is 1.38 bits per heavy atom. The molecule has 0 aliphatic carbocycles. The lowest BCUT2D eigenvalue weighted by atomic mass is 10.0. The van der Waals surface area contributed by atoms with Gasteiger partial charge in [0, 0.05) is 13.0 Å². The van der Waals surface area contributed by atoms with Crippen LogP contribution in [0, 0.1) is 0 Å². The fourth-order valence-corrected chi connectivity index (χ4v) is 7.65. The molecule has 0 fully saturated rings. The number of hydrogen-bond acceptors (Lipinski definition) is 6. The van der Waals surface area contributed by atoms with Gasteiger partial charge in [0.25, 0.3) is 0 Å². The molecular weight excluding hydrogens is 782 g/mol. The number of unbranched alkanes of at least 4 members (excludes halogenated alkanes) is 25. The van der Waals surface area contributed by atoms with E-state index in [4.69, 9.17) is 18.5 Å².